The summed E-state index contributed by atoms with van der Waals surface area (Å²) in [5.41, 5.74) is 0. The standard InChI is InChI=1S/C21H46N.ClH.H2O/c1-5-6-7-8-9-10-11-12-13-14-15-16-17-18-19-20-21-22(2,3)4;;/h5-21H2,1-4H3;1H;1H2/q+1;;/p-1. The van der Waals surface area contributed by atoms with Gasteiger partial charge in [-0.1, -0.05) is 96.8 Å². The summed E-state index contributed by atoms with van der Waals surface area (Å²) in [4.78, 5) is 0. The molecule has 0 aliphatic heterocycles. The SMILES string of the molecule is CCCCCCCCCCCCCCCCCC[N+](C)(C)C.O.[Cl-]. The van der Waals surface area contributed by atoms with Crippen molar-refractivity contribution < 1.29 is 22.4 Å². The lowest BCUT2D eigenvalue weighted by Crippen LogP contribution is -3.00. The van der Waals surface area contributed by atoms with E-state index in [1.165, 1.54) is 109 Å². The number of nitrogens with zero attached hydrogens (tertiary/aromatic N) is 1. The van der Waals surface area contributed by atoms with Crippen molar-refractivity contribution >= 4 is 0 Å². The van der Waals surface area contributed by atoms with Gasteiger partial charge in [0.1, 0.15) is 0 Å². The smallest absolute Gasteiger partial charge is 0.0780 e. The van der Waals surface area contributed by atoms with Gasteiger partial charge in [-0.3, -0.25) is 0 Å². The van der Waals surface area contributed by atoms with Crippen molar-refractivity contribution in [3.8, 4) is 0 Å². The molecule has 0 aliphatic carbocycles. The third-order valence-electron chi connectivity index (χ3n) is 4.68. The van der Waals surface area contributed by atoms with E-state index >= 15 is 0 Å². The van der Waals surface area contributed by atoms with E-state index < -0.39 is 0 Å². The summed E-state index contributed by atoms with van der Waals surface area (Å²) in [6.45, 7) is 3.63. The van der Waals surface area contributed by atoms with Gasteiger partial charge in [-0.25, -0.2) is 0 Å². The molecule has 0 radical (unpaired) electrons. The van der Waals surface area contributed by atoms with Crippen LogP contribution in [-0.4, -0.2) is 37.6 Å². The summed E-state index contributed by atoms with van der Waals surface area (Å²) >= 11 is 0. The fourth-order valence-corrected chi connectivity index (χ4v) is 3.13. The Morgan fingerprint density at radius 3 is 0.958 bits per heavy atom. The fraction of sp³-hybridized carbons (Fsp3) is 1.00. The summed E-state index contributed by atoms with van der Waals surface area (Å²) in [6.07, 6.45) is 23.4. The zero-order valence-corrected chi connectivity index (χ0v) is 18.1. The third kappa shape index (κ3) is 27.1. The van der Waals surface area contributed by atoms with Gasteiger partial charge in [-0.05, 0) is 12.8 Å². The number of quaternary nitrogens is 1. The quantitative estimate of drug-likeness (QED) is 0.280. The maximum atomic E-state index is 2.30. The van der Waals surface area contributed by atoms with Gasteiger partial charge < -0.3 is 22.4 Å². The highest BCUT2D eigenvalue weighted by Gasteiger charge is 2.04. The molecule has 0 saturated carbocycles. The van der Waals surface area contributed by atoms with Gasteiger partial charge in [-0.2, -0.15) is 0 Å². The van der Waals surface area contributed by atoms with Gasteiger partial charge in [0.25, 0.3) is 0 Å². The highest BCUT2D eigenvalue weighted by atomic mass is 35.5. The molecule has 0 rings (SSSR count). The Morgan fingerprint density at radius 2 is 0.708 bits per heavy atom. The number of hydrogen-bond acceptors (Lipinski definition) is 0. The average Bonchev–Trinajstić information content (AvgIpc) is 2.45. The van der Waals surface area contributed by atoms with Gasteiger partial charge in [0.2, 0.25) is 0 Å². The van der Waals surface area contributed by atoms with Crippen LogP contribution in [0.15, 0.2) is 0 Å². The number of rotatable bonds is 17. The minimum Gasteiger partial charge on any atom is -1.00 e. The van der Waals surface area contributed by atoms with Crippen LogP contribution in [0.1, 0.15) is 110 Å². The fourth-order valence-electron chi connectivity index (χ4n) is 3.13. The van der Waals surface area contributed by atoms with E-state index in [1.54, 1.807) is 0 Å². The Balaban J connectivity index is -0.00000220. The average molecular weight is 366 g/mol. The Hall–Kier alpha value is 0.210. The van der Waals surface area contributed by atoms with Crippen LogP contribution < -0.4 is 12.4 Å². The normalized spacial score (nSPS) is 11.0. The number of halogens is 1. The monoisotopic (exact) mass is 365 g/mol. The van der Waals surface area contributed by atoms with E-state index in [-0.39, 0.29) is 17.9 Å². The van der Waals surface area contributed by atoms with Gasteiger partial charge >= 0.3 is 0 Å². The van der Waals surface area contributed by atoms with Crippen LogP contribution in [0.4, 0.5) is 0 Å². The molecule has 0 saturated heterocycles. The maximum Gasteiger partial charge on any atom is 0.0780 e. The molecule has 0 heterocycles. The lowest BCUT2D eigenvalue weighted by molar-refractivity contribution is -0.870. The molecule has 3 heteroatoms. The first kappa shape index (κ1) is 29.0. The Kier molecular flexibility index (Phi) is 25.7. The zero-order chi connectivity index (χ0) is 16.5. The molecular weight excluding hydrogens is 318 g/mol. The molecule has 0 bridgehead atoms. The predicted molar refractivity (Wildman–Crippen MR) is 106 cm³/mol. The molecule has 0 aliphatic rings. The Morgan fingerprint density at radius 1 is 0.458 bits per heavy atom. The summed E-state index contributed by atoms with van der Waals surface area (Å²) in [5, 5.41) is 0. The summed E-state index contributed by atoms with van der Waals surface area (Å²) in [6, 6.07) is 0. The minimum absolute atomic E-state index is 0. The molecule has 0 amide bonds. The lowest BCUT2D eigenvalue weighted by atomic mass is 10.0. The summed E-state index contributed by atoms with van der Waals surface area (Å²) in [7, 11) is 6.89. The molecule has 0 unspecified atom stereocenters. The van der Waals surface area contributed by atoms with Crippen molar-refractivity contribution in [2.45, 2.75) is 110 Å². The molecule has 0 fully saturated rings. The molecule has 24 heavy (non-hydrogen) atoms. The molecule has 0 spiro atoms. The van der Waals surface area contributed by atoms with Crippen molar-refractivity contribution in [3.63, 3.8) is 0 Å². The van der Waals surface area contributed by atoms with E-state index in [1.807, 2.05) is 0 Å². The molecule has 0 atom stereocenters. The van der Waals surface area contributed by atoms with Crippen LogP contribution >= 0.6 is 0 Å². The lowest BCUT2D eigenvalue weighted by Gasteiger charge is -2.23. The van der Waals surface area contributed by atoms with E-state index in [9.17, 15) is 0 Å². The molecule has 2 nitrogen and oxygen atoms in total. The molecular formula is C21H48ClNO. The second kappa shape index (κ2) is 21.3. The third-order valence-corrected chi connectivity index (χ3v) is 4.68. The number of hydrogen-bond donors (Lipinski definition) is 0. The first-order valence-corrected chi connectivity index (χ1v) is 10.4. The second-order valence-electron chi connectivity index (χ2n) is 8.32. The van der Waals surface area contributed by atoms with Crippen LogP contribution in [-0.2, 0) is 0 Å². The van der Waals surface area contributed by atoms with Gasteiger partial charge in [-0.15, -0.1) is 0 Å². The number of unbranched alkanes of at least 4 members (excludes halogenated alkanes) is 15. The van der Waals surface area contributed by atoms with Crippen molar-refractivity contribution in [1.29, 1.82) is 0 Å². The molecule has 0 aromatic heterocycles. The van der Waals surface area contributed by atoms with Crippen LogP contribution in [0.5, 0.6) is 0 Å². The van der Waals surface area contributed by atoms with Gasteiger partial charge in [0, 0.05) is 0 Å². The maximum absolute atomic E-state index is 2.30. The van der Waals surface area contributed by atoms with E-state index in [0.717, 1.165) is 4.48 Å². The molecule has 2 N–H and O–H groups in total. The first-order valence-electron chi connectivity index (χ1n) is 10.4. The van der Waals surface area contributed by atoms with Crippen LogP contribution in [0, 0.1) is 0 Å². The summed E-state index contributed by atoms with van der Waals surface area (Å²) in [5.74, 6) is 0. The van der Waals surface area contributed by atoms with Gasteiger partial charge in [0.05, 0.1) is 27.7 Å². The minimum atomic E-state index is 0. The zero-order valence-electron chi connectivity index (χ0n) is 17.3. The van der Waals surface area contributed by atoms with Crippen molar-refractivity contribution in [3.05, 3.63) is 0 Å². The molecule has 0 aromatic rings. The Bertz CT molecular complexity index is 216. The molecule has 150 valence electrons. The highest BCUT2D eigenvalue weighted by molar-refractivity contribution is 4.49. The van der Waals surface area contributed by atoms with Crippen LogP contribution in [0.3, 0.4) is 0 Å². The summed E-state index contributed by atoms with van der Waals surface area (Å²) < 4.78 is 1.12. The first-order chi connectivity index (χ1) is 10.6. The predicted octanol–water partition coefficient (Wildman–Crippen LogP) is 3.13. The molecule has 0 aromatic carbocycles. The Labute approximate surface area is 160 Å². The van der Waals surface area contributed by atoms with Crippen LogP contribution in [0.25, 0.3) is 0 Å². The largest absolute Gasteiger partial charge is 1.00 e. The van der Waals surface area contributed by atoms with Crippen molar-refractivity contribution in [2.24, 2.45) is 0 Å². The van der Waals surface area contributed by atoms with Crippen molar-refractivity contribution in [2.75, 3.05) is 27.7 Å². The van der Waals surface area contributed by atoms with Crippen LogP contribution in [0.2, 0.25) is 0 Å². The van der Waals surface area contributed by atoms with E-state index in [0.29, 0.717) is 0 Å². The van der Waals surface area contributed by atoms with E-state index in [2.05, 4.69) is 28.1 Å². The van der Waals surface area contributed by atoms with E-state index in [4.69, 9.17) is 0 Å². The van der Waals surface area contributed by atoms with Crippen molar-refractivity contribution in [1.82, 2.24) is 0 Å². The highest BCUT2D eigenvalue weighted by Crippen LogP contribution is 2.13. The topological polar surface area (TPSA) is 31.5 Å². The van der Waals surface area contributed by atoms with Gasteiger partial charge in [0.15, 0.2) is 0 Å². The second-order valence-corrected chi connectivity index (χ2v) is 8.32.